The van der Waals surface area contributed by atoms with E-state index in [1.54, 1.807) is 4.90 Å². The van der Waals surface area contributed by atoms with Gasteiger partial charge in [0.1, 0.15) is 0 Å². The molecule has 0 saturated carbocycles. The van der Waals surface area contributed by atoms with Crippen LogP contribution in [0.5, 0.6) is 0 Å². The van der Waals surface area contributed by atoms with Crippen LogP contribution in [0.2, 0.25) is 5.02 Å². The average molecular weight is 372 g/mol. The largest absolute Gasteiger partial charge is 0.368 e. The molecule has 2 aromatic rings. The van der Waals surface area contributed by atoms with Crippen LogP contribution < -0.4 is 10.2 Å². The van der Waals surface area contributed by atoms with Gasteiger partial charge >= 0.3 is 11.8 Å². The number of carbonyl (C=O) groups is 2. The molecule has 6 heteroatoms. The molecule has 26 heavy (non-hydrogen) atoms. The summed E-state index contributed by atoms with van der Waals surface area (Å²) < 4.78 is 0. The van der Waals surface area contributed by atoms with Gasteiger partial charge in [0.15, 0.2) is 0 Å². The van der Waals surface area contributed by atoms with E-state index < -0.39 is 11.8 Å². The predicted octanol–water partition coefficient (Wildman–Crippen LogP) is 2.35. The third kappa shape index (κ3) is 4.76. The monoisotopic (exact) mass is 371 g/mol. The molecule has 1 N–H and O–H groups in total. The molecule has 1 saturated heterocycles. The van der Waals surface area contributed by atoms with Gasteiger partial charge in [-0.3, -0.25) is 9.59 Å². The zero-order valence-corrected chi connectivity index (χ0v) is 15.3. The Balaban J connectivity index is 1.43. The molecule has 5 nitrogen and oxygen atoms in total. The number of benzene rings is 2. The lowest BCUT2D eigenvalue weighted by atomic mass is 10.1. The van der Waals surface area contributed by atoms with E-state index in [1.807, 2.05) is 42.5 Å². The fourth-order valence-corrected chi connectivity index (χ4v) is 3.25. The molecular weight excluding hydrogens is 350 g/mol. The van der Waals surface area contributed by atoms with Crippen LogP contribution in [-0.4, -0.2) is 49.4 Å². The fraction of sp³-hybridized carbons (Fsp3) is 0.300. The Morgan fingerprint density at radius 3 is 2.38 bits per heavy atom. The number of halogens is 1. The van der Waals surface area contributed by atoms with Crippen molar-refractivity contribution >= 4 is 29.1 Å². The molecule has 136 valence electrons. The maximum absolute atomic E-state index is 12.3. The third-order valence-electron chi connectivity index (χ3n) is 4.47. The first-order valence-corrected chi connectivity index (χ1v) is 9.13. The van der Waals surface area contributed by atoms with Crippen LogP contribution in [0.25, 0.3) is 0 Å². The number of rotatable bonds is 4. The number of anilines is 1. The Hall–Kier alpha value is -2.53. The molecule has 1 heterocycles. The summed E-state index contributed by atoms with van der Waals surface area (Å²) in [5, 5.41) is 3.37. The number of nitrogens with zero attached hydrogens (tertiary/aromatic N) is 2. The lowest BCUT2D eigenvalue weighted by molar-refractivity contribution is -0.146. The third-order valence-corrected chi connectivity index (χ3v) is 4.71. The van der Waals surface area contributed by atoms with Crippen molar-refractivity contribution < 1.29 is 9.59 Å². The van der Waals surface area contributed by atoms with Gasteiger partial charge in [-0.25, -0.2) is 0 Å². The van der Waals surface area contributed by atoms with E-state index in [9.17, 15) is 9.59 Å². The minimum atomic E-state index is -0.541. The molecule has 0 unspecified atom stereocenters. The first-order chi connectivity index (χ1) is 12.6. The van der Waals surface area contributed by atoms with Gasteiger partial charge in [-0.2, -0.15) is 0 Å². The van der Waals surface area contributed by atoms with Gasteiger partial charge in [-0.05, 0) is 36.2 Å². The van der Waals surface area contributed by atoms with Gasteiger partial charge in [0.05, 0.1) is 0 Å². The number of nitrogens with one attached hydrogen (secondary N) is 1. The van der Waals surface area contributed by atoms with Crippen LogP contribution in [0, 0.1) is 0 Å². The topological polar surface area (TPSA) is 52.7 Å². The van der Waals surface area contributed by atoms with Crippen molar-refractivity contribution in [1.29, 1.82) is 0 Å². The molecule has 1 aliphatic heterocycles. The molecule has 0 aliphatic carbocycles. The molecule has 0 atom stereocenters. The lowest BCUT2D eigenvalue weighted by Gasteiger charge is -2.35. The van der Waals surface area contributed by atoms with Gasteiger partial charge in [0.25, 0.3) is 0 Å². The minimum absolute atomic E-state index is 0.412. The summed E-state index contributed by atoms with van der Waals surface area (Å²) in [6, 6.07) is 17.6. The van der Waals surface area contributed by atoms with Gasteiger partial charge < -0.3 is 15.1 Å². The van der Waals surface area contributed by atoms with Crippen molar-refractivity contribution in [3.63, 3.8) is 0 Å². The smallest absolute Gasteiger partial charge is 0.312 e. The fourth-order valence-electron chi connectivity index (χ4n) is 3.04. The number of para-hydroxylation sites is 1. The standard InChI is InChI=1S/C20H22ClN3O2/c21-17-6-4-5-16(15-17)9-10-22-19(25)20(26)24-13-11-23(12-14-24)18-7-2-1-3-8-18/h1-8,15H,9-14H2,(H,22,25). The molecule has 1 aliphatic rings. The van der Waals surface area contributed by atoms with Crippen molar-refractivity contribution in [1.82, 2.24) is 10.2 Å². The molecule has 0 bridgehead atoms. The molecule has 0 spiro atoms. The summed E-state index contributed by atoms with van der Waals surface area (Å²) in [4.78, 5) is 28.3. The highest BCUT2D eigenvalue weighted by Gasteiger charge is 2.25. The molecule has 0 aromatic heterocycles. The Bertz CT molecular complexity index is 759. The second-order valence-electron chi connectivity index (χ2n) is 6.25. The molecule has 2 amide bonds. The first kappa shape index (κ1) is 18.3. The first-order valence-electron chi connectivity index (χ1n) is 8.75. The van der Waals surface area contributed by atoms with Crippen molar-refractivity contribution in [3.05, 3.63) is 65.2 Å². The van der Waals surface area contributed by atoms with Gasteiger partial charge in [-0.1, -0.05) is 41.9 Å². The highest BCUT2D eigenvalue weighted by molar-refractivity contribution is 6.35. The molecule has 1 fully saturated rings. The van der Waals surface area contributed by atoms with Crippen molar-refractivity contribution in [2.75, 3.05) is 37.6 Å². The zero-order chi connectivity index (χ0) is 18.4. The second kappa shape index (κ2) is 8.72. The van der Waals surface area contributed by atoms with E-state index in [1.165, 1.54) is 0 Å². The van der Waals surface area contributed by atoms with E-state index in [4.69, 9.17) is 11.6 Å². The highest BCUT2D eigenvalue weighted by atomic mass is 35.5. The van der Waals surface area contributed by atoms with Crippen LogP contribution in [0.4, 0.5) is 5.69 Å². The molecule has 2 aromatic carbocycles. The minimum Gasteiger partial charge on any atom is -0.368 e. The van der Waals surface area contributed by atoms with Crippen molar-refractivity contribution in [2.24, 2.45) is 0 Å². The molecular formula is C20H22ClN3O2. The van der Waals surface area contributed by atoms with Gasteiger partial charge in [0, 0.05) is 43.4 Å². The second-order valence-corrected chi connectivity index (χ2v) is 6.69. The Labute approximate surface area is 158 Å². The average Bonchev–Trinajstić information content (AvgIpc) is 2.68. The summed E-state index contributed by atoms with van der Waals surface area (Å²) in [5.41, 5.74) is 2.17. The number of carbonyl (C=O) groups excluding carboxylic acids is 2. The van der Waals surface area contributed by atoms with E-state index in [-0.39, 0.29) is 0 Å². The Morgan fingerprint density at radius 1 is 0.962 bits per heavy atom. The lowest BCUT2D eigenvalue weighted by Crippen LogP contribution is -2.52. The van der Waals surface area contributed by atoms with E-state index in [0.717, 1.165) is 24.3 Å². The van der Waals surface area contributed by atoms with Crippen LogP contribution in [0.15, 0.2) is 54.6 Å². The maximum Gasteiger partial charge on any atom is 0.312 e. The van der Waals surface area contributed by atoms with Crippen LogP contribution >= 0.6 is 11.6 Å². The highest BCUT2D eigenvalue weighted by Crippen LogP contribution is 2.15. The summed E-state index contributed by atoms with van der Waals surface area (Å²) in [5.74, 6) is -0.996. The quantitative estimate of drug-likeness (QED) is 0.839. The molecule has 0 radical (unpaired) electrons. The van der Waals surface area contributed by atoms with E-state index in [2.05, 4.69) is 22.3 Å². The summed E-state index contributed by atoms with van der Waals surface area (Å²) in [7, 11) is 0. The molecule has 3 rings (SSSR count). The van der Waals surface area contributed by atoms with E-state index >= 15 is 0 Å². The van der Waals surface area contributed by atoms with Gasteiger partial charge in [-0.15, -0.1) is 0 Å². The van der Waals surface area contributed by atoms with Crippen LogP contribution in [0.3, 0.4) is 0 Å². The van der Waals surface area contributed by atoms with Gasteiger partial charge in [0.2, 0.25) is 0 Å². The maximum atomic E-state index is 12.3. The predicted molar refractivity (Wildman–Crippen MR) is 103 cm³/mol. The summed E-state index contributed by atoms with van der Waals surface area (Å²) >= 11 is 5.94. The van der Waals surface area contributed by atoms with Crippen LogP contribution in [0.1, 0.15) is 5.56 Å². The SMILES string of the molecule is O=C(NCCc1cccc(Cl)c1)C(=O)N1CCN(c2ccccc2)CC1. The summed E-state index contributed by atoms with van der Waals surface area (Å²) in [6.45, 7) is 2.97. The summed E-state index contributed by atoms with van der Waals surface area (Å²) in [6.07, 6.45) is 0.640. The van der Waals surface area contributed by atoms with Crippen molar-refractivity contribution in [2.45, 2.75) is 6.42 Å². The Kier molecular flexibility index (Phi) is 6.12. The Morgan fingerprint density at radius 2 is 1.69 bits per heavy atom. The normalized spacial score (nSPS) is 14.2. The number of hydrogen-bond acceptors (Lipinski definition) is 3. The zero-order valence-electron chi connectivity index (χ0n) is 14.5. The number of amides is 2. The van der Waals surface area contributed by atoms with E-state index in [0.29, 0.717) is 31.1 Å². The van der Waals surface area contributed by atoms with Crippen molar-refractivity contribution in [3.8, 4) is 0 Å². The number of hydrogen-bond donors (Lipinski definition) is 1. The van der Waals surface area contributed by atoms with Crippen LogP contribution in [-0.2, 0) is 16.0 Å². The number of piperazine rings is 1.